The molecule has 2 aromatic heterocycles. The predicted molar refractivity (Wildman–Crippen MR) is 69.1 cm³/mol. The number of anilines is 2. The van der Waals surface area contributed by atoms with E-state index in [0.29, 0.717) is 5.13 Å². The molecule has 0 spiro atoms. The maximum atomic E-state index is 12.6. The number of nitrogens with one attached hydrogen (secondary N) is 1. The minimum atomic E-state index is -4.40. The lowest BCUT2D eigenvalue weighted by Crippen LogP contribution is -2.03. The van der Waals surface area contributed by atoms with E-state index in [-0.39, 0.29) is 17.1 Å². The highest BCUT2D eigenvalue weighted by Gasteiger charge is 2.31. The third-order valence-corrected chi connectivity index (χ3v) is 3.42. The summed E-state index contributed by atoms with van der Waals surface area (Å²) in [4.78, 5) is 8.14. The van der Waals surface area contributed by atoms with Crippen LogP contribution < -0.4 is 5.32 Å². The summed E-state index contributed by atoms with van der Waals surface area (Å²) in [6.45, 7) is 1.84. The molecule has 0 unspecified atom stereocenters. The molecule has 0 aliphatic carbocycles. The molecule has 1 N–H and O–H groups in total. The summed E-state index contributed by atoms with van der Waals surface area (Å²) in [6.07, 6.45) is -4.40. The Kier molecular flexibility index (Phi) is 2.89. The number of aromatic nitrogens is 2. The van der Waals surface area contributed by atoms with Gasteiger partial charge in [0.15, 0.2) is 10.7 Å². The maximum Gasteiger partial charge on any atom is 0.416 e. The zero-order chi connectivity index (χ0) is 14.3. The van der Waals surface area contributed by atoms with Gasteiger partial charge in [-0.1, -0.05) is 0 Å². The molecule has 3 aromatic rings. The van der Waals surface area contributed by atoms with E-state index in [1.165, 1.54) is 17.4 Å². The molecule has 0 amide bonds. The van der Waals surface area contributed by atoms with Gasteiger partial charge in [0.05, 0.1) is 11.3 Å². The summed E-state index contributed by atoms with van der Waals surface area (Å²) >= 11 is 1.36. The van der Waals surface area contributed by atoms with Gasteiger partial charge >= 0.3 is 12.2 Å². The molecule has 0 saturated carbocycles. The molecule has 1 aromatic carbocycles. The van der Waals surface area contributed by atoms with Crippen molar-refractivity contribution in [3.63, 3.8) is 0 Å². The summed E-state index contributed by atoms with van der Waals surface area (Å²) in [5, 5.41) is 5.23. The molecule has 4 nitrogen and oxygen atoms in total. The minimum absolute atomic E-state index is 0.119. The van der Waals surface area contributed by atoms with Gasteiger partial charge in [0.2, 0.25) is 0 Å². The van der Waals surface area contributed by atoms with Crippen LogP contribution in [0, 0.1) is 6.92 Å². The van der Waals surface area contributed by atoms with Crippen molar-refractivity contribution in [2.75, 3.05) is 5.32 Å². The van der Waals surface area contributed by atoms with Crippen LogP contribution >= 0.6 is 11.3 Å². The SMILES string of the molecule is Cc1csc(Nc2nc3cc(C(F)(F)F)ccc3o2)n1. The van der Waals surface area contributed by atoms with Gasteiger partial charge in [-0.15, -0.1) is 11.3 Å². The third-order valence-electron chi connectivity index (χ3n) is 2.55. The number of hydrogen-bond acceptors (Lipinski definition) is 5. The van der Waals surface area contributed by atoms with E-state index in [4.69, 9.17) is 4.42 Å². The number of rotatable bonds is 2. The van der Waals surface area contributed by atoms with Gasteiger partial charge in [-0.05, 0) is 25.1 Å². The van der Waals surface area contributed by atoms with Gasteiger partial charge in [-0.3, -0.25) is 5.32 Å². The van der Waals surface area contributed by atoms with Crippen molar-refractivity contribution in [3.8, 4) is 0 Å². The van der Waals surface area contributed by atoms with Crippen LogP contribution in [0.15, 0.2) is 28.0 Å². The van der Waals surface area contributed by atoms with Crippen LogP contribution in [-0.4, -0.2) is 9.97 Å². The molecule has 2 heterocycles. The standard InChI is InChI=1S/C12H8F3N3OS/c1-6-5-20-11(16-6)18-10-17-8-4-7(12(13,14)15)2-3-9(8)19-10/h2-5H,1H3,(H,16,17,18). The molecule has 0 aliphatic rings. The summed E-state index contributed by atoms with van der Waals surface area (Å²) < 4.78 is 43.1. The van der Waals surface area contributed by atoms with Gasteiger partial charge in [-0.2, -0.15) is 18.2 Å². The lowest BCUT2D eigenvalue weighted by Gasteiger charge is -2.04. The number of aryl methyl sites for hydroxylation is 1. The van der Waals surface area contributed by atoms with Crippen LogP contribution in [0.5, 0.6) is 0 Å². The number of fused-ring (bicyclic) bond motifs is 1. The van der Waals surface area contributed by atoms with E-state index in [1.807, 2.05) is 12.3 Å². The van der Waals surface area contributed by atoms with E-state index in [2.05, 4.69) is 15.3 Å². The van der Waals surface area contributed by atoms with Crippen LogP contribution in [0.1, 0.15) is 11.3 Å². The van der Waals surface area contributed by atoms with Crippen LogP contribution in [-0.2, 0) is 6.18 Å². The number of halogens is 3. The molecule has 0 bridgehead atoms. The Balaban J connectivity index is 1.94. The highest BCUT2D eigenvalue weighted by molar-refractivity contribution is 7.13. The summed E-state index contributed by atoms with van der Waals surface area (Å²) in [5.74, 6) is 0. The highest BCUT2D eigenvalue weighted by atomic mass is 32.1. The first kappa shape index (κ1) is 12.9. The molecule has 0 fully saturated rings. The fourth-order valence-electron chi connectivity index (χ4n) is 1.66. The fraction of sp³-hybridized carbons (Fsp3) is 0.167. The molecule has 3 rings (SSSR count). The molecule has 0 radical (unpaired) electrons. The topological polar surface area (TPSA) is 51.0 Å². The zero-order valence-electron chi connectivity index (χ0n) is 10.2. The predicted octanol–water partition coefficient (Wildman–Crippen LogP) is 4.36. The van der Waals surface area contributed by atoms with Crippen molar-refractivity contribution >= 4 is 33.6 Å². The Bertz CT molecular complexity index is 763. The minimum Gasteiger partial charge on any atom is -0.423 e. The number of hydrogen-bond donors (Lipinski definition) is 1. The largest absolute Gasteiger partial charge is 0.423 e. The number of benzene rings is 1. The summed E-state index contributed by atoms with van der Waals surface area (Å²) in [7, 11) is 0. The molecule has 20 heavy (non-hydrogen) atoms. The van der Waals surface area contributed by atoms with Crippen molar-refractivity contribution in [3.05, 3.63) is 34.8 Å². The van der Waals surface area contributed by atoms with Gasteiger partial charge in [-0.25, -0.2) is 4.98 Å². The second kappa shape index (κ2) is 4.48. The van der Waals surface area contributed by atoms with E-state index < -0.39 is 11.7 Å². The monoisotopic (exact) mass is 299 g/mol. The maximum absolute atomic E-state index is 12.6. The Labute approximate surface area is 115 Å². The molecule has 104 valence electrons. The van der Waals surface area contributed by atoms with Gasteiger partial charge in [0.25, 0.3) is 0 Å². The number of oxazole rings is 1. The second-order valence-electron chi connectivity index (χ2n) is 4.12. The van der Waals surface area contributed by atoms with E-state index in [0.717, 1.165) is 17.8 Å². The summed E-state index contributed by atoms with van der Waals surface area (Å²) in [5.41, 5.74) is 0.521. The molecule has 0 atom stereocenters. The van der Waals surface area contributed by atoms with Gasteiger partial charge < -0.3 is 4.42 Å². The Hall–Kier alpha value is -2.09. The van der Waals surface area contributed by atoms with Crippen molar-refractivity contribution in [2.45, 2.75) is 13.1 Å². The van der Waals surface area contributed by atoms with Crippen LogP contribution in [0.3, 0.4) is 0 Å². The molecule has 0 aliphatic heterocycles. The van der Waals surface area contributed by atoms with E-state index in [1.54, 1.807) is 0 Å². The first-order valence-corrected chi connectivity index (χ1v) is 6.47. The number of thiazole rings is 1. The van der Waals surface area contributed by atoms with E-state index >= 15 is 0 Å². The third kappa shape index (κ3) is 2.46. The first-order chi connectivity index (χ1) is 9.41. The average molecular weight is 299 g/mol. The average Bonchev–Trinajstić information content (AvgIpc) is 2.93. The summed E-state index contributed by atoms with van der Waals surface area (Å²) in [6, 6.07) is 3.29. The smallest absolute Gasteiger partial charge is 0.416 e. The second-order valence-corrected chi connectivity index (χ2v) is 4.98. The molecule has 0 saturated heterocycles. The zero-order valence-corrected chi connectivity index (χ0v) is 11.0. The first-order valence-electron chi connectivity index (χ1n) is 5.59. The lowest BCUT2D eigenvalue weighted by molar-refractivity contribution is -0.137. The Morgan fingerprint density at radius 2 is 2.05 bits per heavy atom. The van der Waals surface area contributed by atoms with Crippen LogP contribution in [0.2, 0.25) is 0 Å². The van der Waals surface area contributed by atoms with Crippen molar-refractivity contribution in [1.82, 2.24) is 9.97 Å². The van der Waals surface area contributed by atoms with E-state index in [9.17, 15) is 13.2 Å². The van der Waals surface area contributed by atoms with Crippen molar-refractivity contribution < 1.29 is 17.6 Å². The molecular formula is C12H8F3N3OS. The Morgan fingerprint density at radius 3 is 2.70 bits per heavy atom. The highest BCUT2D eigenvalue weighted by Crippen LogP contribution is 2.32. The molecular weight excluding hydrogens is 291 g/mol. The number of nitrogens with zero attached hydrogens (tertiary/aromatic N) is 2. The van der Waals surface area contributed by atoms with Crippen LogP contribution in [0.25, 0.3) is 11.1 Å². The lowest BCUT2D eigenvalue weighted by atomic mass is 10.2. The molecule has 8 heteroatoms. The number of alkyl halides is 3. The van der Waals surface area contributed by atoms with Crippen LogP contribution in [0.4, 0.5) is 24.3 Å². The van der Waals surface area contributed by atoms with Crippen molar-refractivity contribution in [2.24, 2.45) is 0 Å². The van der Waals surface area contributed by atoms with Crippen molar-refractivity contribution in [1.29, 1.82) is 0 Å². The normalized spacial score (nSPS) is 12.0. The quantitative estimate of drug-likeness (QED) is 0.764. The van der Waals surface area contributed by atoms with Gasteiger partial charge in [0, 0.05) is 5.38 Å². The fourth-order valence-corrected chi connectivity index (χ4v) is 2.34. The Morgan fingerprint density at radius 1 is 1.25 bits per heavy atom. The van der Waals surface area contributed by atoms with Gasteiger partial charge in [0.1, 0.15) is 5.52 Å².